The van der Waals surface area contributed by atoms with E-state index in [1.165, 1.54) is 5.56 Å². The van der Waals surface area contributed by atoms with E-state index in [1.54, 1.807) is 18.3 Å². The standard InChI is InChI=1S/C15H16N2O/c16-15(18)13-9-5-11-17-14(13)10-4-8-12-6-2-1-3-7-12/h1-3,5-7,9,11H,4,8,10H2,(H2,16,18). The number of hydrogen-bond acceptors (Lipinski definition) is 2. The van der Waals surface area contributed by atoms with Crippen molar-refractivity contribution in [1.82, 2.24) is 4.98 Å². The first-order valence-electron chi connectivity index (χ1n) is 6.05. The van der Waals surface area contributed by atoms with Gasteiger partial charge in [0.15, 0.2) is 0 Å². The largest absolute Gasteiger partial charge is 0.366 e. The minimum Gasteiger partial charge on any atom is -0.366 e. The third-order valence-corrected chi connectivity index (χ3v) is 2.88. The molecule has 1 heterocycles. The second-order valence-corrected chi connectivity index (χ2v) is 4.20. The molecule has 0 aliphatic rings. The lowest BCUT2D eigenvalue weighted by Gasteiger charge is -2.05. The third-order valence-electron chi connectivity index (χ3n) is 2.88. The van der Waals surface area contributed by atoms with Gasteiger partial charge in [-0.05, 0) is 37.0 Å². The highest BCUT2D eigenvalue weighted by Gasteiger charge is 2.07. The van der Waals surface area contributed by atoms with E-state index in [9.17, 15) is 4.79 Å². The van der Waals surface area contributed by atoms with Crippen molar-refractivity contribution in [2.45, 2.75) is 19.3 Å². The van der Waals surface area contributed by atoms with Crippen LogP contribution in [0.4, 0.5) is 0 Å². The van der Waals surface area contributed by atoms with Gasteiger partial charge in [0.05, 0.1) is 11.3 Å². The van der Waals surface area contributed by atoms with Gasteiger partial charge in [0.25, 0.3) is 5.91 Å². The summed E-state index contributed by atoms with van der Waals surface area (Å²) in [6.07, 6.45) is 4.41. The Morgan fingerprint density at radius 3 is 2.56 bits per heavy atom. The van der Waals surface area contributed by atoms with Crippen LogP contribution < -0.4 is 5.73 Å². The van der Waals surface area contributed by atoms with E-state index in [-0.39, 0.29) is 0 Å². The molecule has 3 nitrogen and oxygen atoms in total. The molecule has 2 N–H and O–H groups in total. The molecule has 0 fully saturated rings. The maximum absolute atomic E-state index is 11.2. The zero-order valence-corrected chi connectivity index (χ0v) is 10.2. The van der Waals surface area contributed by atoms with Gasteiger partial charge in [-0.2, -0.15) is 0 Å². The molecule has 0 aliphatic heterocycles. The Labute approximate surface area is 107 Å². The smallest absolute Gasteiger partial charge is 0.250 e. The Bertz CT molecular complexity index is 523. The predicted molar refractivity (Wildman–Crippen MR) is 71.2 cm³/mol. The SMILES string of the molecule is NC(=O)c1cccnc1CCCc1ccccc1. The van der Waals surface area contributed by atoms with Gasteiger partial charge < -0.3 is 5.73 Å². The lowest BCUT2D eigenvalue weighted by Crippen LogP contribution is -2.14. The molecule has 1 amide bonds. The summed E-state index contributed by atoms with van der Waals surface area (Å²) in [5, 5.41) is 0. The van der Waals surface area contributed by atoms with Crippen molar-refractivity contribution in [2.24, 2.45) is 5.73 Å². The molecular formula is C15H16N2O. The molecule has 0 spiro atoms. The Morgan fingerprint density at radius 1 is 1.06 bits per heavy atom. The van der Waals surface area contributed by atoms with E-state index >= 15 is 0 Å². The Kier molecular flexibility index (Phi) is 4.07. The summed E-state index contributed by atoms with van der Waals surface area (Å²) in [7, 11) is 0. The highest BCUT2D eigenvalue weighted by Crippen LogP contribution is 2.10. The quantitative estimate of drug-likeness (QED) is 0.872. The van der Waals surface area contributed by atoms with Crippen LogP contribution in [-0.2, 0) is 12.8 Å². The molecule has 1 aromatic carbocycles. The summed E-state index contributed by atoms with van der Waals surface area (Å²) in [4.78, 5) is 15.5. The van der Waals surface area contributed by atoms with E-state index in [4.69, 9.17) is 5.73 Å². The predicted octanol–water partition coefficient (Wildman–Crippen LogP) is 2.36. The third kappa shape index (κ3) is 3.17. The normalized spacial score (nSPS) is 10.2. The summed E-state index contributed by atoms with van der Waals surface area (Å²) in [5.41, 5.74) is 7.94. The van der Waals surface area contributed by atoms with Gasteiger partial charge in [0.1, 0.15) is 0 Å². The lowest BCUT2D eigenvalue weighted by molar-refractivity contribution is 0.0999. The monoisotopic (exact) mass is 240 g/mol. The maximum atomic E-state index is 11.2. The van der Waals surface area contributed by atoms with Gasteiger partial charge in [-0.1, -0.05) is 30.3 Å². The number of amides is 1. The summed E-state index contributed by atoms with van der Waals surface area (Å²) in [6.45, 7) is 0. The molecule has 92 valence electrons. The molecule has 0 unspecified atom stereocenters. The molecule has 0 radical (unpaired) electrons. The van der Waals surface area contributed by atoms with Gasteiger partial charge in [-0.3, -0.25) is 9.78 Å². The first-order valence-corrected chi connectivity index (χ1v) is 6.05. The number of carbonyl (C=O) groups excluding carboxylic acids is 1. The van der Waals surface area contributed by atoms with Crippen LogP contribution in [-0.4, -0.2) is 10.9 Å². The fraction of sp³-hybridized carbons (Fsp3) is 0.200. The highest BCUT2D eigenvalue weighted by molar-refractivity contribution is 5.93. The number of nitrogens with two attached hydrogens (primary N) is 1. The summed E-state index contributed by atoms with van der Waals surface area (Å²) < 4.78 is 0. The number of carbonyl (C=O) groups is 1. The average molecular weight is 240 g/mol. The molecule has 2 rings (SSSR count). The van der Waals surface area contributed by atoms with E-state index in [1.807, 2.05) is 18.2 Å². The fourth-order valence-corrected chi connectivity index (χ4v) is 1.97. The number of hydrogen-bond donors (Lipinski definition) is 1. The maximum Gasteiger partial charge on any atom is 0.250 e. The van der Waals surface area contributed by atoms with Crippen molar-refractivity contribution in [2.75, 3.05) is 0 Å². The second kappa shape index (κ2) is 5.96. The molecule has 2 aromatic rings. The minimum absolute atomic E-state index is 0.405. The fourth-order valence-electron chi connectivity index (χ4n) is 1.97. The van der Waals surface area contributed by atoms with Crippen molar-refractivity contribution in [3.05, 3.63) is 65.5 Å². The van der Waals surface area contributed by atoms with Crippen molar-refractivity contribution < 1.29 is 4.79 Å². The molecule has 0 aliphatic carbocycles. The Hall–Kier alpha value is -2.16. The zero-order chi connectivity index (χ0) is 12.8. The van der Waals surface area contributed by atoms with Gasteiger partial charge in [0.2, 0.25) is 0 Å². The number of aryl methyl sites for hydroxylation is 2. The van der Waals surface area contributed by atoms with Crippen molar-refractivity contribution >= 4 is 5.91 Å². The van der Waals surface area contributed by atoms with Crippen LogP contribution in [0.2, 0.25) is 0 Å². The van der Waals surface area contributed by atoms with E-state index in [0.29, 0.717) is 5.56 Å². The first kappa shape index (κ1) is 12.3. The van der Waals surface area contributed by atoms with Crippen molar-refractivity contribution in [3.8, 4) is 0 Å². The number of rotatable bonds is 5. The molecule has 0 saturated heterocycles. The number of primary amides is 1. The number of benzene rings is 1. The van der Waals surface area contributed by atoms with Crippen LogP contribution in [0.5, 0.6) is 0 Å². The van der Waals surface area contributed by atoms with Crippen LogP contribution in [0.1, 0.15) is 28.0 Å². The van der Waals surface area contributed by atoms with Crippen LogP contribution in [0.3, 0.4) is 0 Å². The van der Waals surface area contributed by atoms with Gasteiger partial charge >= 0.3 is 0 Å². The molecule has 18 heavy (non-hydrogen) atoms. The minimum atomic E-state index is -0.405. The number of aromatic nitrogens is 1. The van der Waals surface area contributed by atoms with Gasteiger partial charge in [0, 0.05) is 6.20 Å². The van der Waals surface area contributed by atoms with Crippen LogP contribution in [0.15, 0.2) is 48.7 Å². The molecule has 0 saturated carbocycles. The summed E-state index contributed by atoms with van der Waals surface area (Å²) in [5.74, 6) is -0.405. The van der Waals surface area contributed by atoms with Crippen molar-refractivity contribution in [1.29, 1.82) is 0 Å². The van der Waals surface area contributed by atoms with Crippen LogP contribution >= 0.6 is 0 Å². The molecule has 3 heteroatoms. The molecule has 0 bridgehead atoms. The number of pyridine rings is 1. The molecular weight excluding hydrogens is 224 g/mol. The highest BCUT2D eigenvalue weighted by atomic mass is 16.1. The Morgan fingerprint density at radius 2 is 1.83 bits per heavy atom. The topological polar surface area (TPSA) is 56.0 Å². The molecule has 0 atom stereocenters. The van der Waals surface area contributed by atoms with Gasteiger partial charge in [-0.25, -0.2) is 0 Å². The summed E-state index contributed by atoms with van der Waals surface area (Å²) in [6, 6.07) is 13.7. The number of nitrogens with zero attached hydrogens (tertiary/aromatic N) is 1. The van der Waals surface area contributed by atoms with Gasteiger partial charge in [-0.15, -0.1) is 0 Å². The van der Waals surface area contributed by atoms with E-state index in [0.717, 1.165) is 25.0 Å². The van der Waals surface area contributed by atoms with Crippen LogP contribution in [0, 0.1) is 0 Å². The average Bonchev–Trinajstić information content (AvgIpc) is 2.40. The second-order valence-electron chi connectivity index (χ2n) is 4.20. The lowest BCUT2D eigenvalue weighted by atomic mass is 10.0. The summed E-state index contributed by atoms with van der Waals surface area (Å²) >= 11 is 0. The molecule has 1 aromatic heterocycles. The Balaban J connectivity index is 1.97. The van der Waals surface area contributed by atoms with E-state index < -0.39 is 5.91 Å². The van der Waals surface area contributed by atoms with E-state index in [2.05, 4.69) is 17.1 Å². The van der Waals surface area contributed by atoms with Crippen molar-refractivity contribution in [3.63, 3.8) is 0 Å². The first-order chi connectivity index (χ1) is 8.77. The zero-order valence-electron chi connectivity index (χ0n) is 10.2. The van der Waals surface area contributed by atoms with Crippen LogP contribution in [0.25, 0.3) is 0 Å².